The fourth-order valence-electron chi connectivity index (χ4n) is 4.13. The minimum absolute atomic E-state index is 0.0772. The van der Waals surface area contributed by atoms with Gasteiger partial charge in [-0.05, 0) is 49.1 Å². The zero-order valence-electron chi connectivity index (χ0n) is 20.7. The summed E-state index contributed by atoms with van der Waals surface area (Å²) in [4.78, 5) is 39.2. The molecule has 1 heterocycles. The van der Waals surface area contributed by atoms with Crippen molar-refractivity contribution in [1.29, 1.82) is 0 Å². The number of nitrogens with zero attached hydrogens (tertiary/aromatic N) is 1. The minimum atomic E-state index is -0.729. The van der Waals surface area contributed by atoms with Gasteiger partial charge in [-0.2, -0.15) is 0 Å². The van der Waals surface area contributed by atoms with Crippen molar-refractivity contribution >= 4 is 23.5 Å². The molecule has 1 aliphatic heterocycles. The number of anilines is 1. The topological polar surface area (TPSA) is 109 Å². The van der Waals surface area contributed by atoms with Crippen LogP contribution in [0.5, 0.6) is 11.5 Å². The maximum atomic E-state index is 13.0. The van der Waals surface area contributed by atoms with Crippen LogP contribution in [-0.4, -0.2) is 62.1 Å². The van der Waals surface area contributed by atoms with E-state index >= 15 is 0 Å². The van der Waals surface area contributed by atoms with Gasteiger partial charge in [0.15, 0.2) is 11.5 Å². The summed E-state index contributed by atoms with van der Waals surface area (Å²) in [6, 6.07) is 12.1. The van der Waals surface area contributed by atoms with Crippen molar-refractivity contribution < 1.29 is 23.9 Å². The highest BCUT2D eigenvalue weighted by Gasteiger charge is 2.27. The lowest BCUT2D eigenvalue weighted by atomic mass is 10.0. The van der Waals surface area contributed by atoms with Crippen molar-refractivity contribution in [3.8, 4) is 11.5 Å². The van der Waals surface area contributed by atoms with Crippen molar-refractivity contribution in [3.05, 3.63) is 53.6 Å². The van der Waals surface area contributed by atoms with E-state index in [0.717, 1.165) is 16.8 Å². The van der Waals surface area contributed by atoms with Gasteiger partial charge in [-0.25, -0.2) is 4.79 Å². The molecular weight excluding hydrogens is 448 g/mol. The zero-order chi connectivity index (χ0) is 25.4. The number of ether oxygens (including phenoxy) is 2. The van der Waals surface area contributed by atoms with Crippen LogP contribution < -0.4 is 25.4 Å². The Morgan fingerprint density at radius 2 is 1.71 bits per heavy atom. The highest BCUT2D eigenvalue weighted by molar-refractivity contribution is 5.90. The first kappa shape index (κ1) is 25.9. The summed E-state index contributed by atoms with van der Waals surface area (Å²) in [6.45, 7) is 4.40. The molecule has 4 amide bonds. The number of hydrogen-bond acceptors (Lipinski definition) is 5. The van der Waals surface area contributed by atoms with Gasteiger partial charge in [-0.15, -0.1) is 0 Å². The number of carbonyl (C=O) groups excluding carboxylic acids is 3. The molecule has 0 bridgehead atoms. The van der Waals surface area contributed by atoms with E-state index in [-0.39, 0.29) is 23.9 Å². The van der Waals surface area contributed by atoms with Crippen LogP contribution in [0.15, 0.2) is 42.5 Å². The highest BCUT2D eigenvalue weighted by atomic mass is 16.5. The molecule has 1 saturated heterocycles. The number of nitrogens with one attached hydrogen (secondary N) is 3. The van der Waals surface area contributed by atoms with Crippen LogP contribution in [0.2, 0.25) is 0 Å². The summed E-state index contributed by atoms with van der Waals surface area (Å²) < 4.78 is 10.6. The van der Waals surface area contributed by atoms with Crippen LogP contribution in [0.3, 0.4) is 0 Å². The monoisotopic (exact) mass is 482 g/mol. The van der Waals surface area contributed by atoms with Crippen molar-refractivity contribution in [1.82, 2.24) is 15.5 Å². The first-order chi connectivity index (χ1) is 16.8. The number of piperidine rings is 1. The number of benzene rings is 2. The van der Waals surface area contributed by atoms with E-state index in [2.05, 4.69) is 16.0 Å². The van der Waals surface area contributed by atoms with Gasteiger partial charge in [-0.1, -0.05) is 24.3 Å². The predicted molar refractivity (Wildman–Crippen MR) is 134 cm³/mol. The van der Waals surface area contributed by atoms with Crippen LogP contribution in [0, 0.1) is 6.92 Å². The average molecular weight is 483 g/mol. The molecule has 1 atom stereocenters. The molecule has 2 aromatic carbocycles. The molecule has 9 nitrogen and oxygen atoms in total. The highest BCUT2D eigenvalue weighted by Crippen LogP contribution is 2.28. The van der Waals surface area contributed by atoms with Gasteiger partial charge >= 0.3 is 6.03 Å². The third-order valence-corrected chi connectivity index (χ3v) is 6.10. The van der Waals surface area contributed by atoms with E-state index in [1.54, 1.807) is 31.3 Å². The van der Waals surface area contributed by atoms with Crippen molar-refractivity contribution in [2.45, 2.75) is 45.2 Å². The molecule has 3 N–H and O–H groups in total. The van der Waals surface area contributed by atoms with Gasteiger partial charge in [0.1, 0.15) is 6.04 Å². The number of carbonyl (C=O) groups is 3. The molecule has 0 aromatic heterocycles. The van der Waals surface area contributed by atoms with E-state index in [1.165, 1.54) is 6.92 Å². The Kier molecular flexibility index (Phi) is 8.94. The largest absolute Gasteiger partial charge is 0.493 e. The van der Waals surface area contributed by atoms with E-state index in [1.807, 2.05) is 37.3 Å². The minimum Gasteiger partial charge on any atom is -0.493 e. The molecule has 0 unspecified atom stereocenters. The summed E-state index contributed by atoms with van der Waals surface area (Å²) in [6.07, 6.45) is 1.58. The third-order valence-electron chi connectivity index (χ3n) is 6.10. The Balaban J connectivity index is 1.56. The molecule has 1 aliphatic rings. The fraction of sp³-hybridized carbons (Fsp3) is 0.423. The number of methoxy groups -OCH3 is 2. The second kappa shape index (κ2) is 12.1. The normalized spacial score (nSPS) is 14.6. The summed E-state index contributed by atoms with van der Waals surface area (Å²) in [5.74, 6) is 0.615. The number of amides is 4. The van der Waals surface area contributed by atoms with E-state index in [0.29, 0.717) is 43.9 Å². The molecule has 0 saturated carbocycles. The quantitative estimate of drug-likeness (QED) is 0.536. The lowest BCUT2D eigenvalue weighted by molar-refractivity contribution is -0.128. The zero-order valence-corrected chi connectivity index (χ0v) is 20.7. The Hall–Kier alpha value is -3.75. The average Bonchev–Trinajstić information content (AvgIpc) is 2.85. The molecule has 1 fully saturated rings. The Morgan fingerprint density at radius 3 is 2.34 bits per heavy atom. The van der Waals surface area contributed by atoms with Gasteiger partial charge in [0, 0.05) is 38.2 Å². The lowest BCUT2D eigenvalue weighted by Gasteiger charge is -2.33. The number of urea groups is 1. The summed E-state index contributed by atoms with van der Waals surface area (Å²) in [5.41, 5.74) is 2.63. The maximum Gasteiger partial charge on any atom is 0.321 e. The molecule has 35 heavy (non-hydrogen) atoms. The predicted octanol–water partition coefficient (Wildman–Crippen LogP) is 2.87. The van der Waals surface area contributed by atoms with Crippen LogP contribution in [-0.2, 0) is 16.0 Å². The van der Waals surface area contributed by atoms with Gasteiger partial charge in [0.05, 0.1) is 14.2 Å². The molecule has 9 heteroatoms. The fourth-order valence-corrected chi connectivity index (χ4v) is 4.13. The SMILES string of the molecule is COc1ccc(C[C@@H](NC(C)=O)C(=O)NC2CCN(C(=O)Nc3ccccc3C)CC2)cc1OC. The lowest BCUT2D eigenvalue weighted by Crippen LogP contribution is -2.53. The van der Waals surface area contributed by atoms with Crippen LogP contribution in [0.4, 0.5) is 10.5 Å². The number of rotatable bonds is 8. The van der Waals surface area contributed by atoms with Crippen molar-refractivity contribution in [2.75, 3.05) is 32.6 Å². The molecule has 0 radical (unpaired) electrons. The van der Waals surface area contributed by atoms with Crippen molar-refractivity contribution in [2.24, 2.45) is 0 Å². The van der Waals surface area contributed by atoms with Gasteiger partial charge in [-0.3, -0.25) is 9.59 Å². The number of likely N-dealkylation sites (tertiary alicyclic amines) is 1. The molecule has 2 aromatic rings. The standard InChI is InChI=1S/C26H34N4O5/c1-17-7-5-6-8-21(17)29-26(33)30-13-11-20(12-14-30)28-25(32)22(27-18(2)31)15-19-9-10-23(34-3)24(16-19)35-4/h5-10,16,20,22H,11-15H2,1-4H3,(H,27,31)(H,28,32)(H,29,33)/t22-/m1/s1. The Morgan fingerprint density at radius 1 is 1.03 bits per heavy atom. The number of para-hydroxylation sites is 1. The summed E-state index contributed by atoms with van der Waals surface area (Å²) in [5, 5.41) is 8.74. The number of hydrogen-bond donors (Lipinski definition) is 3. The first-order valence-electron chi connectivity index (χ1n) is 11.7. The second-order valence-corrected chi connectivity index (χ2v) is 8.66. The van der Waals surface area contributed by atoms with Crippen LogP contribution in [0.1, 0.15) is 30.9 Å². The van der Waals surface area contributed by atoms with E-state index < -0.39 is 6.04 Å². The van der Waals surface area contributed by atoms with Crippen molar-refractivity contribution in [3.63, 3.8) is 0 Å². The van der Waals surface area contributed by atoms with Gasteiger partial charge in [0.25, 0.3) is 0 Å². The molecule has 188 valence electrons. The van der Waals surface area contributed by atoms with Gasteiger partial charge in [0.2, 0.25) is 11.8 Å². The molecular formula is C26H34N4O5. The second-order valence-electron chi connectivity index (χ2n) is 8.66. The Bertz CT molecular complexity index is 1050. The third kappa shape index (κ3) is 7.11. The summed E-state index contributed by atoms with van der Waals surface area (Å²) >= 11 is 0. The maximum absolute atomic E-state index is 13.0. The summed E-state index contributed by atoms with van der Waals surface area (Å²) in [7, 11) is 3.11. The van der Waals surface area contributed by atoms with Crippen LogP contribution in [0.25, 0.3) is 0 Å². The van der Waals surface area contributed by atoms with Gasteiger partial charge < -0.3 is 30.3 Å². The van der Waals surface area contributed by atoms with Crippen LogP contribution >= 0.6 is 0 Å². The molecule has 0 aliphatic carbocycles. The van der Waals surface area contributed by atoms with E-state index in [4.69, 9.17) is 9.47 Å². The molecule has 0 spiro atoms. The first-order valence-corrected chi connectivity index (χ1v) is 11.7. The molecule has 3 rings (SSSR count). The van der Waals surface area contributed by atoms with E-state index in [9.17, 15) is 14.4 Å². The number of aryl methyl sites for hydroxylation is 1. The Labute approximate surface area is 206 Å². The smallest absolute Gasteiger partial charge is 0.321 e.